The van der Waals surface area contributed by atoms with E-state index in [2.05, 4.69) is 16.0 Å². The van der Waals surface area contributed by atoms with E-state index in [1.54, 1.807) is 39.0 Å². The molecule has 7 heteroatoms. The van der Waals surface area contributed by atoms with Crippen LogP contribution in [-0.2, 0) is 20.9 Å². The van der Waals surface area contributed by atoms with Gasteiger partial charge in [-0.05, 0) is 64.2 Å². The Kier molecular flexibility index (Phi) is 7.61. The van der Waals surface area contributed by atoms with Crippen molar-refractivity contribution >= 4 is 23.6 Å². The van der Waals surface area contributed by atoms with Crippen LogP contribution in [0.15, 0.2) is 35.9 Å². The van der Waals surface area contributed by atoms with Crippen LogP contribution in [0.4, 0.5) is 10.5 Å². The van der Waals surface area contributed by atoms with Crippen molar-refractivity contribution in [2.24, 2.45) is 0 Å². The average molecular weight is 387 g/mol. The number of hydrogen-bond donors (Lipinski definition) is 3. The Morgan fingerprint density at radius 2 is 1.68 bits per heavy atom. The van der Waals surface area contributed by atoms with E-state index in [0.29, 0.717) is 12.2 Å². The van der Waals surface area contributed by atoms with Crippen LogP contribution in [0.25, 0.3) is 0 Å². The third-order valence-corrected chi connectivity index (χ3v) is 4.08. The maximum absolute atomic E-state index is 11.9. The van der Waals surface area contributed by atoms with Crippen molar-refractivity contribution in [3.63, 3.8) is 0 Å². The monoisotopic (exact) mass is 387 g/mol. The summed E-state index contributed by atoms with van der Waals surface area (Å²) in [4.78, 5) is 35.4. The first-order chi connectivity index (χ1) is 13.2. The molecule has 0 heterocycles. The van der Waals surface area contributed by atoms with Crippen LogP contribution >= 0.6 is 0 Å². The van der Waals surface area contributed by atoms with Crippen LogP contribution in [0, 0.1) is 0 Å². The molecular formula is C21H29N3O4. The molecule has 3 amide bonds. The SMILES string of the molecule is CC(C)(C)OC(=O)NCC(=O)Nc1ccc(CNC(=O)C=C2CCCC2)cc1. The lowest BCUT2D eigenvalue weighted by Gasteiger charge is -2.19. The number of benzene rings is 1. The van der Waals surface area contributed by atoms with Gasteiger partial charge in [0.25, 0.3) is 0 Å². The van der Waals surface area contributed by atoms with E-state index in [0.717, 1.165) is 18.4 Å². The van der Waals surface area contributed by atoms with Gasteiger partial charge in [0.05, 0.1) is 0 Å². The molecule has 0 aromatic heterocycles. The zero-order valence-corrected chi connectivity index (χ0v) is 16.8. The predicted molar refractivity (Wildman–Crippen MR) is 108 cm³/mol. The predicted octanol–water partition coefficient (Wildman–Crippen LogP) is 3.27. The van der Waals surface area contributed by atoms with Gasteiger partial charge in [-0.1, -0.05) is 17.7 Å². The molecule has 0 bridgehead atoms. The van der Waals surface area contributed by atoms with Crippen LogP contribution in [-0.4, -0.2) is 30.1 Å². The standard InChI is InChI=1S/C21H29N3O4/c1-21(2,3)28-20(27)23-14-19(26)24-17-10-8-16(9-11-17)13-22-18(25)12-15-6-4-5-7-15/h8-12H,4-7,13-14H2,1-3H3,(H,22,25)(H,23,27)(H,24,26). The fourth-order valence-corrected chi connectivity index (χ4v) is 2.78. The molecule has 1 aliphatic rings. The van der Waals surface area contributed by atoms with E-state index in [1.807, 2.05) is 12.1 Å². The number of alkyl carbamates (subject to hydrolysis) is 1. The maximum atomic E-state index is 11.9. The molecule has 0 spiro atoms. The van der Waals surface area contributed by atoms with Gasteiger partial charge in [0.15, 0.2) is 0 Å². The molecule has 152 valence electrons. The molecule has 1 saturated carbocycles. The normalized spacial score (nSPS) is 13.6. The molecule has 0 atom stereocenters. The van der Waals surface area contributed by atoms with Gasteiger partial charge >= 0.3 is 6.09 Å². The Balaban J connectivity index is 1.72. The van der Waals surface area contributed by atoms with Crippen molar-refractivity contribution in [1.82, 2.24) is 10.6 Å². The lowest BCUT2D eigenvalue weighted by molar-refractivity contribution is -0.117. The number of nitrogens with one attached hydrogen (secondary N) is 3. The molecule has 1 aromatic carbocycles. The fourth-order valence-electron chi connectivity index (χ4n) is 2.78. The Hall–Kier alpha value is -2.83. The highest BCUT2D eigenvalue weighted by atomic mass is 16.6. The second-order valence-corrected chi connectivity index (χ2v) is 7.83. The minimum atomic E-state index is -0.638. The highest BCUT2D eigenvalue weighted by molar-refractivity contribution is 5.93. The minimum absolute atomic E-state index is 0.0671. The van der Waals surface area contributed by atoms with E-state index in [1.165, 1.54) is 18.4 Å². The molecule has 1 aliphatic carbocycles. The third kappa shape index (κ3) is 8.24. The molecule has 0 saturated heterocycles. The summed E-state index contributed by atoms with van der Waals surface area (Å²) in [6.45, 7) is 5.51. The summed E-state index contributed by atoms with van der Waals surface area (Å²) in [6.07, 6.45) is 5.44. The number of carbonyl (C=O) groups is 3. The molecular weight excluding hydrogens is 358 g/mol. The molecule has 0 unspecified atom stereocenters. The molecule has 3 N–H and O–H groups in total. The first-order valence-corrected chi connectivity index (χ1v) is 9.54. The van der Waals surface area contributed by atoms with Crippen molar-refractivity contribution in [2.45, 2.75) is 58.6 Å². The van der Waals surface area contributed by atoms with E-state index in [-0.39, 0.29) is 18.4 Å². The lowest BCUT2D eigenvalue weighted by Crippen LogP contribution is -2.37. The van der Waals surface area contributed by atoms with E-state index >= 15 is 0 Å². The van der Waals surface area contributed by atoms with Gasteiger partial charge in [0, 0.05) is 18.3 Å². The Morgan fingerprint density at radius 1 is 1.04 bits per heavy atom. The number of carbonyl (C=O) groups excluding carboxylic acids is 3. The number of ether oxygens (including phenoxy) is 1. The topological polar surface area (TPSA) is 96.5 Å². The van der Waals surface area contributed by atoms with Gasteiger partial charge in [-0.25, -0.2) is 4.79 Å². The molecule has 0 aliphatic heterocycles. The van der Waals surface area contributed by atoms with E-state index in [9.17, 15) is 14.4 Å². The van der Waals surface area contributed by atoms with Crippen LogP contribution in [0.3, 0.4) is 0 Å². The first-order valence-electron chi connectivity index (χ1n) is 9.54. The molecule has 7 nitrogen and oxygen atoms in total. The van der Waals surface area contributed by atoms with Gasteiger partial charge in [0.2, 0.25) is 11.8 Å². The second kappa shape index (κ2) is 9.92. The van der Waals surface area contributed by atoms with Crippen LogP contribution in [0.2, 0.25) is 0 Å². The molecule has 28 heavy (non-hydrogen) atoms. The zero-order chi connectivity index (χ0) is 20.6. The van der Waals surface area contributed by atoms with Gasteiger partial charge < -0.3 is 20.7 Å². The summed E-state index contributed by atoms with van der Waals surface area (Å²) in [5.41, 5.74) is 2.15. The smallest absolute Gasteiger partial charge is 0.408 e. The van der Waals surface area contributed by atoms with Crippen molar-refractivity contribution in [3.05, 3.63) is 41.5 Å². The summed E-state index contributed by atoms with van der Waals surface area (Å²) >= 11 is 0. The summed E-state index contributed by atoms with van der Waals surface area (Å²) in [5.74, 6) is -0.419. The number of rotatable bonds is 6. The number of anilines is 1. The van der Waals surface area contributed by atoms with E-state index < -0.39 is 11.7 Å². The fraction of sp³-hybridized carbons (Fsp3) is 0.476. The zero-order valence-electron chi connectivity index (χ0n) is 16.8. The minimum Gasteiger partial charge on any atom is -0.444 e. The van der Waals surface area contributed by atoms with Gasteiger partial charge in [0.1, 0.15) is 12.1 Å². The highest BCUT2D eigenvalue weighted by Gasteiger charge is 2.16. The number of allylic oxidation sites excluding steroid dienone is 1. The van der Waals surface area contributed by atoms with Crippen LogP contribution in [0.1, 0.15) is 52.0 Å². The molecule has 1 aromatic rings. The first kappa shape index (κ1) is 21.5. The Labute approximate surface area is 165 Å². The van der Waals surface area contributed by atoms with Crippen LogP contribution < -0.4 is 16.0 Å². The summed E-state index contributed by atoms with van der Waals surface area (Å²) in [7, 11) is 0. The summed E-state index contributed by atoms with van der Waals surface area (Å²) in [5, 5.41) is 7.97. The Bertz CT molecular complexity index is 725. The summed E-state index contributed by atoms with van der Waals surface area (Å²) < 4.78 is 5.07. The molecule has 1 fully saturated rings. The lowest BCUT2D eigenvalue weighted by atomic mass is 10.2. The van der Waals surface area contributed by atoms with Crippen molar-refractivity contribution < 1.29 is 19.1 Å². The van der Waals surface area contributed by atoms with Crippen LogP contribution in [0.5, 0.6) is 0 Å². The van der Waals surface area contributed by atoms with Crippen molar-refractivity contribution in [3.8, 4) is 0 Å². The van der Waals surface area contributed by atoms with Crippen molar-refractivity contribution in [1.29, 1.82) is 0 Å². The molecule has 0 radical (unpaired) electrons. The molecule has 2 rings (SSSR count). The second-order valence-electron chi connectivity index (χ2n) is 7.83. The van der Waals surface area contributed by atoms with E-state index in [4.69, 9.17) is 4.74 Å². The maximum Gasteiger partial charge on any atom is 0.408 e. The summed E-state index contributed by atoms with van der Waals surface area (Å²) in [6, 6.07) is 7.17. The average Bonchev–Trinajstić information content (AvgIpc) is 3.11. The van der Waals surface area contributed by atoms with Gasteiger partial charge in [-0.3, -0.25) is 9.59 Å². The quantitative estimate of drug-likeness (QED) is 0.653. The number of amides is 3. The van der Waals surface area contributed by atoms with Crippen molar-refractivity contribution in [2.75, 3.05) is 11.9 Å². The largest absolute Gasteiger partial charge is 0.444 e. The highest BCUT2D eigenvalue weighted by Crippen LogP contribution is 2.23. The van der Waals surface area contributed by atoms with Gasteiger partial charge in [-0.15, -0.1) is 0 Å². The third-order valence-electron chi connectivity index (χ3n) is 4.08. The number of hydrogen-bond acceptors (Lipinski definition) is 4. The Morgan fingerprint density at radius 3 is 2.29 bits per heavy atom. The van der Waals surface area contributed by atoms with Gasteiger partial charge in [-0.2, -0.15) is 0 Å².